The molecule has 0 aromatic heterocycles. The molecule has 0 amide bonds. The van der Waals surface area contributed by atoms with Crippen LogP contribution in [-0.4, -0.2) is 11.2 Å². The molecule has 0 aliphatic rings. The van der Waals surface area contributed by atoms with E-state index in [2.05, 4.69) is 4.99 Å². The number of aryl methyl sites for hydroxylation is 1. The number of hydrogen-bond acceptors (Lipinski definition) is 3. The van der Waals surface area contributed by atoms with Crippen LogP contribution in [0.25, 0.3) is 0 Å². The minimum Gasteiger partial charge on any atom is -0.506 e. The highest BCUT2D eigenvalue weighted by atomic mass is 16.3. The quantitative estimate of drug-likeness (QED) is 0.487. The minimum atomic E-state index is 0.00773. The number of nitrogens with zero attached hydrogens (tertiary/aromatic N) is 1. The van der Waals surface area contributed by atoms with E-state index < -0.39 is 0 Å². The van der Waals surface area contributed by atoms with Crippen LogP contribution in [0.1, 0.15) is 5.56 Å². The fourth-order valence-corrected chi connectivity index (χ4v) is 0.777. The second-order valence-corrected chi connectivity index (χ2v) is 2.20. The maximum absolute atomic E-state index is 9.81. The van der Waals surface area contributed by atoms with E-state index in [1.807, 2.05) is 6.92 Å². The van der Waals surface area contributed by atoms with Crippen molar-refractivity contribution in [2.75, 3.05) is 0 Å². The van der Waals surface area contributed by atoms with Gasteiger partial charge in [0.25, 0.3) is 0 Å². The largest absolute Gasteiger partial charge is 0.506 e. The SMILES string of the molecule is Cc1ccc(N=C=O)c(O)c1. The highest BCUT2D eigenvalue weighted by Crippen LogP contribution is 2.25. The second-order valence-electron chi connectivity index (χ2n) is 2.20. The van der Waals surface area contributed by atoms with Gasteiger partial charge in [0.05, 0.1) is 0 Å². The van der Waals surface area contributed by atoms with Gasteiger partial charge in [-0.25, -0.2) is 4.79 Å². The van der Waals surface area contributed by atoms with Gasteiger partial charge < -0.3 is 5.11 Å². The number of aromatic hydroxyl groups is 1. The van der Waals surface area contributed by atoms with E-state index in [4.69, 9.17) is 5.11 Å². The Morgan fingerprint density at radius 1 is 1.55 bits per heavy atom. The summed E-state index contributed by atoms with van der Waals surface area (Å²) in [5, 5.41) is 9.15. The number of aliphatic imine (C=N–C) groups is 1. The van der Waals surface area contributed by atoms with Gasteiger partial charge in [-0.2, -0.15) is 4.99 Å². The van der Waals surface area contributed by atoms with E-state index in [0.29, 0.717) is 0 Å². The molecule has 3 nitrogen and oxygen atoms in total. The molecule has 1 aromatic carbocycles. The first-order valence-corrected chi connectivity index (χ1v) is 3.11. The summed E-state index contributed by atoms with van der Waals surface area (Å²) in [5.74, 6) is 0.00773. The van der Waals surface area contributed by atoms with Crippen molar-refractivity contribution in [2.45, 2.75) is 6.92 Å². The molecule has 0 saturated carbocycles. The summed E-state index contributed by atoms with van der Waals surface area (Å²) in [6.45, 7) is 1.84. The van der Waals surface area contributed by atoms with Crippen LogP contribution in [0.4, 0.5) is 5.69 Å². The summed E-state index contributed by atoms with van der Waals surface area (Å²) in [6.07, 6.45) is 1.36. The van der Waals surface area contributed by atoms with E-state index >= 15 is 0 Å². The predicted molar refractivity (Wildman–Crippen MR) is 40.6 cm³/mol. The molecule has 56 valence electrons. The Bertz CT molecular complexity index is 314. The van der Waals surface area contributed by atoms with Crippen molar-refractivity contribution in [3.8, 4) is 5.75 Å². The van der Waals surface area contributed by atoms with Gasteiger partial charge in [0.2, 0.25) is 6.08 Å². The number of benzene rings is 1. The van der Waals surface area contributed by atoms with Crippen LogP contribution in [-0.2, 0) is 4.79 Å². The first-order chi connectivity index (χ1) is 5.24. The van der Waals surface area contributed by atoms with Crippen LogP contribution in [0.2, 0.25) is 0 Å². The third-order valence-corrected chi connectivity index (χ3v) is 1.30. The molecule has 0 unspecified atom stereocenters. The molecule has 1 aromatic rings. The van der Waals surface area contributed by atoms with Crippen LogP contribution in [0.5, 0.6) is 5.75 Å². The first kappa shape index (κ1) is 7.51. The molecular formula is C8H7NO2. The Morgan fingerprint density at radius 3 is 2.82 bits per heavy atom. The molecule has 0 aliphatic heterocycles. The Kier molecular flexibility index (Phi) is 2.04. The van der Waals surface area contributed by atoms with Crippen LogP contribution in [0.15, 0.2) is 23.2 Å². The number of hydrogen-bond donors (Lipinski definition) is 1. The lowest BCUT2D eigenvalue weighted by Gasteiger charge is -1.96. The lowest BCUT2D eigenvalue weighted by molar-refractivity contribution is 0.476. The van der Waals surface area contributed by atoms with Gasteiger partial charge in [0.1, 0.15) is 11.4 Å². The minimum absolute atomic E-state index is 0.00773. The number of isocyanates is 1. The first-order valence-electron chi connectivity index (χ1n) is 3.11. The van der Waals surface area contributed by atoms with Gasteiger partial charge in [-0.3, -0.25) is 0 Å². The Hall–Kier alpha value is -1.60. The molecule has 0 atom stereocenters. The summed E-state index contributed by atoms with van der Waals surface area (Å²) in [5.41, 5.74) is 1.18. The molecule has 0 spiro atoms. The predicted octanol–water partition coefficient (Wildman–Crippen LogP) is 1.67. The topological polar surface area (TPSA) is 49.7 Å². The van der Waals surface area contributed by atoms with Gasteiger partial charge in [-0.15, -0.1) is 0 Å². The van der Waals surface area contributed by atoms with Gasteiger partial charge in [0.15, 0.2) is 0 Å². The molecular weight excluding hydrogens is 142 g/mol. The molecule has 11 heavy (non-hydrogen) atoms. The zero-order valence-corrected chi connectivity index (χ0v) is 6.03. The highest BCUT2D eigenvalue weighted by molar-refractivity contribution is 5.57. The zero-order chi connectivity index (χ0) is 8.27. The molecule has 0 radical (unpaired) electrons. The number of phenols is 1. The zero-order valence-electron chi connectivity index (χ0n) is 6.03. The van der Waals surface area contributed by atoms with Crippen molar-refractivity contribution in [1.29, 1.82) is 0 Å². The summed E-state index contributed by atoms with van der Waals surface area (Å²) in [4.78, 5) is 13.1. The smallest absolute Gasteiger partial charge is 0.240 e. The molecule has 1 N–H and O–H groups in total. The van der Waals surface area contributed by atoms with Crippen LogP contribution in [0, 0.1) is 6.92 Å². The summed E-state index contributed by atoms with van der Waals surface area (Å²) in [7, 11) is 0. The summed E-state index contributed by atoms with van der Waals surface area (Å²) in [6, 6.07) is 4.86. The van der Waals surface area contributed by atoms with E-state index in [0.717, 1.165) is 5.56 Å². The molecule has 0 bridgehead atoms. The third-order valence-electron chi connectivity index (χ3n) is 1.30. The van der Waals surface area contributed by atoms with Gasteiger partial charge >= 0.3 is 0 Å². The maximum Gasteiger partial charge on any atom is 0.240 e. The summed E-state index contributed by atoms with van der Waals surface area (Å²) < 4.78 is 0. The van der Waals surface area contributed by atoms with Crippen molar-refractivity contribution < 1.29 is 9.90 Å². The number of carbonyl (C=O) groups excluding carboxylic acids is 1. The van der Waals surface area contributed by atoms with Crippen LogP contribution in [0.3, 0.4) is 0 Å². The number of rotatable bonds is 1. The fraction of sp³-hybridized carbons (Fsp3) is 0.125. The van der Waals surface area contributed by atoms with Crippen molar-refractivity contribution in [2.24, 2.45) is 4.99 Å². The Morgan fingerprint density at radius 2 is 2.27 bits per heavy atom. The van der Waals surface area contributed by atoms with E-state index in [9.17, 15) is 4.79 Å². The standard InChI is InChI=1S/C8H7NO2/c1-6-2-3-7(9-5-10)8(11)4-6/h2-4,11H,1H3. The molecule has 0 fully saturated rings. The normalized spacial score (nSPS) is 8.82. The average Bonchev–Trinajstić information content (AvgIpc) is 1.95. The lowest BCUT2D eigenvalue weighted by atomic mass is 10.2. The van der Waals surface area contributed by atoms with Crippen LogP contribution >= 0.6 is 0 Å². The average molecular weight is 149 g/mol. The Balaban J connectivity index is 3.19. The van der Waals surface area contributed by atoms with Crippen molar-refractivity contribution in [3.05, 3.63) is 23.8 Å². The molecule has 1 rings (SSSR count). The van der Waals surface area contributed by atoms with E-state index in [-0.39, 0.29) is 11.4 Å². The molecule has 0 heterocycles. The van der Waals surface area contributed by atoms with E-state index in [1.54, 1.807) is 12.1 Å². The number of phenolic OH excluding ortho intramolecular Hbond substituents is 1. The third kappa shape index (κ3) is 1.66. The molecule has 3 heteroatoms. The monoisotopic (exact) mass is 149 g/mol. The Labute approximate surface area is 64.0 Å². The lowest BCUT2D eigenvalue weighted by Crippen LogP contribution is -1.71. The van der Waals surface area contributed by atoms with Gasteiger partial charge in [0, 0.05) is 0 Å². The van der Waals surface area contributed by atoms with Crippen molar-refractivity contribution >= 4 is 11.8 Å². The van der Waals surface area contributed by atoms with Crippen molar-refractivity contribution in [1.82, 2.24) is 0 Å². The second kappa shape index (κ2) is 2.99. The maximum atomic E-state index is 9.81. The fourth-order valence-electron chi connectivity index (χ4n) is 0.777. The van der Waals surface area contributed by atoms with Gasteiger partial charge in [-0.1, -0.05) is 6.07 Å². The molecule has 0 aliphatic carbocycles. The summed E-state index contributed by atoms with van der Waals surface area (Å²) >= 11 is 0. The van der Waals surface area contributed by atoms with Gasteiger partial charge in [-0.05, 0) is 24.6 Å². The molecule has 0 saturated heterocycles. The van der Waals surface area contributed by atoms with Crippen LogP contribution < -0.4 is 0 Å². The van der Waals surface area contributed by atoms with E-state index in [1.165, 1.54) is 12.1 Å². The van der Waals surface area contributed by atoms with Crippen molar-refractivity contribution in [3.63, 3.8) is 0 Å². The highest BCUT2D eigenvalue weighted by Gasteiger charge is 1.97.